The number of aryl methyl sites for hydroxylation is 1. The third kappa shape index (κ3) is 3.54. The first kappa shape index (κ1) is 14.0. The third-order valence-corrected chi connectivity index (χ3v) is 3.25. The fraction of sp³-hybridized carbons (Fsp3) is 0.692. The van der Waals surface area contributed by atoms with Gasteiger partial charge in [0.05, 0.1) is 25.1 Å². The van der Waals surface area contributed by atoms with Gasteiger partial charge in [0.1, 0.15) is 5.56 Å². The number of rotatable bonds is 4. The van der Waals surface area contributed by atoms with Crippen molar-refractivity contribution in [2.75, 3.05) is 32.9 Å². The molecule has 1 aliphatic heterocycles. The molecule has 0 atom stereocenters. The molecule has 1 fully saturated rings. The minimum Gasteiger partial charge on any atom is -0.462 e. The van der Waals surface area contributed by atoms with Gasteiger partial charge in [-0.15, -0.1) is 0 Å². The van der Waals surface area contributed by atoms with Gasteiger partial charge in [0, 0.05) is 33.3 Å². The first-order valence-electron chi connectivity index (χ1n) is 6.70. The SMILES string of the molecule is CCOC(=O)c1cnn(C)c1CN1CCCOCC1. The molecule has 0 radical (unpaired) electrons. The van der Waals surface area contributed by atoms with Crippen molar-refractivity contribution in [3.05, 3.63) is 17.5 Å². The molecule has 0 bridgehead atoms. The Morgan fingerprint density at radius 2 is 2.32 bits per heavy atom. The highest BCUT2D eigenvalue weighted by molar-refractivity contribution is 5.90. The van der Waals surface area contributed by atoms with E-state index in [4.69, 9.17) is 9.47 Å². The fourth-order valence-electron chi connectivity index (χ4n) is 2.20. The molecule has 2 rings (SSSR count). The molecular weight excluding hydrogens is 246 g/mol. The quantitative estimate of drug-likeness (QED) is 0.756. The molecule has 19 heavy (non-hydrogen) atoms. The lowest BCUT2D eigenvalue weighted by Crippen LogP contribution is -2.28. The van der Waals surface area contributed by atoms with E-state index in [0.29, 0.717) is 18.7 Å². The van der Waals surface area contributed by atoms with Crippen molar-refractivity contribution in [2.24, 2.45) is 7.05 Å². The van der Waals surface area contributed by atoms with E-state index in [2.05, 4.69) is 10.00 Å². The molecule has 0 saturated carbocycles. The zero-order valence-corrected chi connectivity index (χ0v) is 11.6. The second-order valence-corrected chi connectivity index (χ2v) is 4.59. The van der Waals surface area contributed by atoms with Crippen molar-refractivity contribution in [1.29, 1.82) is 0 Å². The third-order valence-electron chi connectivity index (χ3n) is 3.25. The summed E-state index contributed by atoms with van der Waals surface area (Å²) in [5, 5.41) is 4.17. The predicted molar refractivity (Wildman–Crippen MR) is 69.9 cm³/mol. The number of hydrogen-bond donors (Lipinski definition) is 0. The van der Waals surface area contributed by atoms with Crippen LogP contribution in [-0.4, -0.2) is 53.6 Å². The summed E-state index contributed by atoms with van der Waals surface area (Å²) in [6, 6.07) is 0. The number of carbonyl (C=O) groups excluding carboxylic acids is 1. The van der Waals surface area contributed by atoms with Crippen molar-refractivity contribution in [1.82, 2.24) is 14.7 Å². The van der Waals surface area contributed by atoms with E-state index in [1.807, 2.05) is 7.05 Å². The molecule has 0 amide bonds. The van der Waals surface area contributed by atoms with Gasteiger partial charge in [-0.25, -0.2) is 4.79 Å². The molecule has 0 N–H and O–H groups in total. The first-order valence-corrected chi connectivity index (χ1v) is 6.70. The highest BCUT2D eigenvalue weighted by Crippen LogP contribution is 2.13. The van der Waals surface area contributed by atoms with Gasteiger partial charge in [0.15, 0.2) is 0 Å². The zero-order valence-electron chi connectivity index (χ0n) is 11.6. The maximum atomic E-state index is 11.9. The van der Waals surface area contributed by atoms with E-state index in [-0.39, 0.29) is 5.97 Å². The lowest BCUT2D eigenvalue weighted by Gasteiger charge is -2.19. The summed E-state index contributed by atoms with van der Waals surface area (Å²) in [4.78, 5) is 14.2. The first-order chi connectivity index (χ1) is 9.22. The molecule has 2 heterocycles. The van der Waals surface area contributed by atoms with Gasteiger partial charge in [0.2, 0.25) is 0 Å². The topological polar surface area (TPSA) is 56.6 Å². The molecule has 1 saturated heterocycles. The average Bonchev–Trinajstić information content (AvgIpc) is 2.61. The van der Waals surface area contributed by atoms with Crippen LogP contribution in [-0.2, 0) is 23.1 Å². The van der Waals surface area contributed by atoms with Crippen LogP contribution in [0.5, 0.6) is 0 Å². The van der Waals surface area contributed by atoms with E-state index >= 15 is 0 Å². The van der Waals surface area contributed by atoms with Crippen LogP contribution >= 0.6 is 0 Å². The summed E-state index contributed by atoms with van der Waals surface area (Å²) in [7, 11) is 1.85. The van der Waals surface area contributed by atoms with Crippen LogP contribution in [0.1, 0.15) is 29.4 Å². The smallest absolute Gasteiger partial charge is 0.341 e. The monoisotopic (exact) mass is 267 g/mol. The van der Waals surface area contributed by atoms with Crippen molar-refractivity contribution in [2.45, 2.75) is 19.9 Å². The van der Waals surface area contributed by atoms with Crippen LogP contribution in [0.2, 0.25) is 0 Å². The molecule has 6 heteroatoms. The number of ether oxygens (including phenoxy) is 2. The Morgan fingerprint density at radius 3 is 3.11 bits per heavy atom. The molecule has 0 aromatic carbocycles. The number of aromatic nitrogens is 2. The summed E-state index contributed by atoms with van der Waals surface area (Å²) >= 11 is 0. The molecule has 1 aliphatic rings. The Labute approximate surface area is 113 Å². The van der Waals surface area contributed by atoms with E-state index < -0.39 is 0 Å². The van der Waals surface area contributed by atoms with Gasteiger partial charge < -0.3 is 9.47 Å². The highest BCUT2D eigenvalue weighted by Gasteiger charge is 2.20. The largest absolute Gasteiger partial charge is 0.462 e. The predicted octanol–water partition coefficient (Wildman–Crippen LogP) is 0.819. The van der Waals surface area contributed by atoms with Gasteiger partial charge in [-0.2, -0.15) is 5.10 Å². The van der Waals surface area contributed by atoms with Crippen LogP contribution < -0.4 is 0 Å². The fourth-order valence-corrected chi connectivity index (χ4v) is 2.20. The summed E-state index contributed by atoms with van der Waals surface area (Å²) in [5.41, 5.74) is 1.47. The van der Waals surface area contributed by atoms with Gasteiger partial charge in [-0.05, 0) is 13.3 Å². The van der Waals surface area contributed by atoms with Crippen LogP contribution in [0, 0.1) is 0 Å². The van der Waals surface area contributed by atoms with E-state index in [9.17, 15) is 4.79 Å². The Hall–Kier alpha value is -1.40. The number of hydrogen-bond acceptors (Lipinski definition) is 5. The van der Waals surface area contributed by atoms with Gasteiger partial charge in [0.25, 0.3) is 0 Å². The van der Waals surface area contributed by atoms with Crippen molar-refractivity contribution >= 4 is 5.97 Å². The molecule has 0 aliphatic carbocycles. The molecule has 1 aromatic heterocycles. The van der Waals surface area contributed by atoms with E-state index in [1.54, 1.807) is 17.8 Å². The Balaban J connectivity index is 2.09. The summed E-state index contributed by atoms with van der Waals surface area (Å²) in [5.74, 6) is -0.295. The highest BCUT2D eigenvalue weighted by atomic mass is 16.5. The molecular formula is C13H21N3O3. The Bertz CT molecular complexity index is 423. The summed E-state index contributed by atoms with van der Waals surface area (Å²) < 4.78 is 12.2. The van der Waals surface area contributed by atoms with Gasteiger partial charge >= 0.3 is 5.97 Å². The van der Waals surface area contributed by atoms with Crippen molar-refractivity contribution in [3.8, 4) is 0 Å². The van der Waals surface area contributed by atoms with Crippen molar-refractivity contribution < 1.29 is 14.3 Å². The van der Waals surface area contributed by atoms with Crippen LogP contribution in [0.4, 0.5) is 0 Å². The normalized spacial score (nSPS) is 17.2. The van der Waals surface area contributed by atoms with Crippen LogP contribution in [0.15, 0.2) is 6.20 Å². The molecule has 0 unspecified atom stereocenters. The molecule has 0 spiro atoms. The summed E-state index contributed by atoms with van der Waals surface area (Å²) in [6.45, 7) is 6.30. The average molecular weight is 267 g/mol. The Morgan fingerprint density at radius 1 is 1.47 bits per heavy atom. The van der Waals surface area contributed by atoms with Crippen LogP contribution in [0.25, 0.3) is 0 Å². The number of carbonyl (C=O) groups is 1. The maximum absolute atomic E-state index is 11.9. The minimum absolute atomic E-state index is 0.295. The second kappa shape index (κ2) is 6.68. The number of nitrogens with zero attached hydrogens (tertiary/aromatic N) is 3. The Kier molecular flexibility index (Phi) is 4.93. The minimum atomic E-state index is -0.295. The standard InChI is InChI=1S/C13H21N3O3/c1-3-19-13(17)11-9-14-15(2)12(11)10-16-5-4-7-18-8-6-16/h9H,3-8,10H2,1-2H3. The summed E-state index contributed by atoms with van der Waals surface area (Å²) in [6.07, 6.45) is 2.61. The van der Waals surface area contributed by atoms with E-state index in [0.717, 1.165) is 38.4 Å². The number of esters is 1. The molecule has 6 nitrogen and oxygen atoms in total. The van der Waals surface area contributed by atoms with E-state index in [1.165, 1.54) is 0 Å². The maximum Gasteiger partial charge on any atom is 0.341 e. The lowest BCUT2D eigenvalue weighted by molar-refractivity contribution is 0.0523. The lowest BCUT2D eigenvalue weighted by atomic mass is 10.2. The molecule has 1 aromatic rings. The van der Waals surface area contributed by atoms with Gasteiger partial charge in [-0.1, -0.05) is 0 Å². The second-order valence-electron chi connectivity index (χ2n) is 4.59. The van der Waals surface area contributed by atoms with Gasteiger partial charge in [-0.3, -0.25) is 9.58 Å². The van der Waals surface area contributed by atoms with Crippen LogP contribution in [0.3, 0.4) is 0 Å². The van der Waals surface area contributed by atoms with Crippen molar-refractivity contribution in [3.63, 3.8) is 0 Å². The molecule has 106 valence electrons. The zero-order chi connectivity index (χ0) is 13.7.